The van der Waals surface area contributed by atoms with Crippen molar-refractivity contribution in [2.45, 2.75) is 25.9 Å². The normalized spacial score (nSPS) is 14.0. The lowest BCUT2D eigenvalue weighted by molar-refractivity contribution is 0.0796. The van der Waals surface area contributed by atoms with E-state index in [1.807, 2.05) is 17.6 Å². The Morgan fingerprint density at radius 2 is 2.14 bits per heavy atom. The van der Waals surface area contributed by atoms with Crippen LogP contribution in [0.1, 0.15) is 23.9 Å². The Morgan fingerprint density at radius 1 is 1.27 bits per heavy atom. The van der Waals surface area contributed by atoms with E-state index in [-0.39, 0.29) is 0 Å². The Labute approximate surface area is 134 Å². The van der Waals surface area contributed by atoms with Crippen molar-refractivity contribution in [1.29, 1.82) is 0 Å². The van der Waals surface area contributed by atoms with Crippen LogP contribution < -0.4 is 10.5 Å². The van der Waals surface area contributed by atoms with Crippen molar-refractivity contribution < 1.29 is 4.74 Å². The Hall–Kier alpha value is -1.91. The second kappa shape index (κ2) is 6.07. The number of hydrogen-bond donors (Lipinski definition) is 1. The maximum atomic E-state index is 6.30. The predicted molar refractivity (Wildman–Crippen MR) is 92.5 cm³/mol. The molecule has 3 nitrogen and oxygen atoms in total. The molecule has 3 aromatic rings. The molecule has 4 heteroatoms. The van der Waals surface area contributed by atoms with Gasteiger partial charge in [-0.2, -0.15) is 0 Å². The van der Waals surface area contributed by atoms with E-state index in [1.54, 1.807) is 11.3 Å². The molecule has 1 atom stereocenters. The van der Waals surface area contributed by atoms with Crippen LogP contribution >= 0.6 is 11.3 Å². The lowest BCUT2D eigenvalue weighted by Gasteiger charge is -2.28. The van der Waals surface area contributed by atoms with Gasteiger partial charge in [0, 0.05) is 18.0 Å². The van der Waals surface area contributed by atoms with Crippen molar-refractivity contribution >= 4 is 22.1 Å². The van der Waals surface area contributed by atoms with Crippen LogP contribution in [0.5, 0.6) is 5.75 Å². The monoisotopic (exact) mass is 312 g/mol. The highest BCUT2D eigenvalue weighted by atomic mass is 32.1. The maximum Gasteiger partial charge on any atom is 0.158 e. The number of benzene rings is 2. The van der Waals surface area contributed by atoms with Crippen molar-refractivity contribution in [3.63, 3.8) is 0 Å². The number of thiazole rings is 1. The van der Waals surface area contributed by atoms with Crippen LogP contribution in [0.3, 0.4) is 0 Å². The fourth-order valence-electron chi connectivity index (χ4n) is 2.71. The van der Waals surface area contributed by atoms with Gasteiger partial charge < -0.3 is 10.5 Å². The molecule has 0 aliphatic heterocycles. The summed E-state index contributed by atoms with van der Waals surface area (Å²) in [6, 6.07) is 12.5. The minimum atomic E-state index is -0.486. The van der Waals surface area contributed by atoms with Crippen molar-refractivity contribution in [3.8, 4) is 5.75 Å². The number of nitrogens with two attached hydrogens (primary N) is 1. The third kappa shape index (κ3) is 2.85. The molecule has 0 aliphatic rings. The summed E-state index contributed by atoms with van der Waals surface area (Å²) in [7, 11) is 0. The van der Waals surface area contributed by atoms with Crippen molar-refractivity contribution in [2.75, 3.05) is 6.54 Å². The Balaban J connectivity index is 1.96. The Morgan fingerprint density at radius 3 is 2.86 bits per heavy atom. The molecule has 22 heavy (non-hydrogen) atoms. The molecule has 0 radical (unpaired) electrons. The lowest BCUT2D eigenvalue weighted by Crippen LogP contribution is -2.32. The van der Waals surface area contributed by atoms with Gasteiger partial charge in [0.05, 0.1) is 0 Å². The molecule has 2 aromatic carbocycles. The zero-order chi connectivity index (χ0) is 15.6. The first-order valence-corrected chi connectivity index (χ1v) is 8.29. The molecular weight excluding hydrogens is 292 g/mol. The summed E-state index contributed by atoms with van der Waals surface area (Å²) in [6.45, 7) is 4.73. The lowest BCUT2D eigenvalue weighted by atomic mass is 10.0. The van der Waals surface area contributed by atoms with Gasteiger partial charge in [-0.15, -0.1) is 11.3 Å². The van der Waals surface area contributed by atoms with Crippen molar-refractivity contribution in [3.05, 3.63) is 58.5 Å². The van der Waals surface area contributed by atoms with Crippen LogP contribution in [-0.4, -0.2) is 11.5 Å². The molecular formula is C18H20N2OS. The first-order chi connectivity index (χ1) is 10.6. The fraction of sp³-hybridized carbons (Fsp3) is 0.278. The Bertz CT molecular complexity index is 770. The number of aryl methyl sites for hydroxylation is 1. The number of fused-ring (bicyclic) bond motifs is 1. The zero-order valence-electron chi connectivity index (χ0n) is 12.9. The summed E-state index contributed by atoms with van der Waals surface area (Å²) in [5, 5.41) is 5.37. The molecule has 1 aromatic heterocycles. The van der Waals surface area contributed by atoms with E-state index in [9.17, 15) is 0 Å². The van der Waals surface area contributed by atoms with Gasteiger partial charge >= 0.3 is 0 Å². The number of nitrogens with zero attached hydrogens (tertiary/aromatic N) is 1. The van der Waals surface area contributed by atoms with Crippen molar-refractivity contribution in [1.82, 2.24) is 4.98 Å². The zero-order valence-corrected chi connectivity index (χ0v) is 13.7. The van der Waals surface area contributed by atoms with Crippen LogP contribution in [0.4, 0.5) is 0 Å². The highest BCUT2D eigenvalue weighted by Crippen LogP contribution is 2.33. The third-order valence-corrected chi connectivity index (χ3v) is 4.94. The van der Waals surface area contributed by atoms with Crippen LogP contribution in [0.15, 0.2) is 48.0 Å². The Kier molecular flexibility index (Phi) is 4.14. The molecule has 0 aliphatic carbocycles. The SMILES string of the molecule is Cc1cccc2cc(OC(C)(CCN)c3nccs3)ccc12. The van der Waals surface area contributed by atoms with Crippen LogP contribution in [0.2, 0.25) is 0 Å². The summed E-state index contributed by atoms with van der Waals surface area (Å²) in [5.41, 5.74) is 6.57. The molecule has 0 saturated carbocycles. The summed E-state index contributed by atoms with van der Waals surface area (Å²) < 4.78 is 6.30. The third-order valence-electron chi connectivity index (χ3n) is 3.92. The largest absolute Gasteiger partial charge is 0.480 e. The fourth-order valence-corrected chi connectivity index (χ4v) is 3.47. The second-order valence-electron chi connectivity index (χ2n) is 5.67. The summed E-state index contributed by atoms with van der Waals surface area (Å²) in [6.07, 6.45) is 2.54. The van der Waals surface area contributed by atoms with E-state index in [0.29, 0.717) is 6.54 Å². The van der Waals surface area contributed by atoms with E-state index in [0.717, 1.165) is 17.2 Å². The van der Waals surface area contributed by atoms with E-state index < -0.39 is 5.60 Å². The molecule has 1 unspecified atom stereocenters. The van der Waals surface area contributed by atoms with Crippen LogP contribution in [0, 0.1) is 6.92 Å². The van der Waals surface area contributed by atoms with E-state index in [1.165, 1.54) is 16.3 Å². The van der Waals surface area contributed by atoms with E-state index in [4.69, 9.17) is 10.5 Å². The standard InChI is InChI=1S/C18H20N2OS/c1-13-4-3-5-14-12-15(6-7-16(13)14)21-18(2,8-9-19)17-20-10-11-22-17/h3-7,10-12H,8-9,19H2,1-2H3. The van der Waals surface area contributed by atoms with Crippen LogP contribution in [-0.2, 0) is 5.60 Å². The topological polar surface area (TPSA) is 48.1 Å². The first kappa shape index (κ1) is 15.0. The van der Waals surface area contributed by atoms with Gasteiger partial charge in [-0.05, 0) is 48.9 Å². The average Bonchev–Trinajstić information content (AvgIpc) is 3.02. The number of ether oxygens (including phenoxy) is 1. The molecule has 2 N–H and O–H groups in total. The van der Waals surface area contributed by atoms with Gasteiger partial charge in [-0.1, -0.05) is 24.3 Å². The van der Waals surface area contributed by atoms with Gasteiger partial charge in [-0.3, -0.25) is 0 Å². The summed E-state index contributed by atoms with van der Waals surface area (Å²) >= 11 is 1.60. The molecule has 3 rings (SSSR count). The summed E-state index contributed by atoms with van der Waals surface area (Å²) in [5.74, 6) is 0.851. The predicted octanol–water partition coefficient (Wildman–Crippen LogP) is 4.25. The summed E-state index contributed by atoms with van der Waals surface area (Å²) in [4.78, 5) is 4.42. The van der Waals surface area contributed by atoms with Gasteiger partial charge in [0.25, 0.3) is 0 Å². The number of rotatable bonds is 5. The molecule has 0 saturated heterocycles. The minimum Gasteiger partial charge on any atom is -0.480 e. The van der Waals surface area contributed by atoms with Crippen LogP contribution in [0.25, 0.3) is 10.8 Å². The van der Waals surface area contributed by atoms with E-state index >= 15 is 0 Å². The van der Waals surface area contributed by atoms with Gasteiger partial charge in [0.2, 0.25) is 0 Å². The highest BCUT2D eigenvalue weighted by Gasteiger charge is 2.31. The average molecular weight is 312 g/mol. The second-order valence-corrected chi connectivity index (χ2v) is 6.56. The molecule has 1 heterocycles. The van der Waals surface area contributed by atoms with Gasteiger partial charge in [0.15, 0.2) is 5.60 Å². The van der Waals surface area contributed by atoms with Gasteiger partial charge in [-0.25, -0.2) is 4.98 Å². The molecule has 114 valence electrons. The molecule has 0 amide bonds. The molecule has 0 fully saturated rings. The smallest absolute Gasteiger partial charge is 0.158 e. The molecule has 0 spiro atoms. The number of hydrogen-bond acceptors (Lipinski definition) is 4. The van der Waals surface area contributed by atoms with E-state index in [2.05, 4.69) is 49.2 Å². The molecule has 0 bridgehead atoms. The minimum absolute atomic E-state index is 0.486. The van der Waals surface area contributed by atoms with Gasteiger partial charge in [0.1, 0.15) is 10.8 Å². The number of aromatic nitrogens is 1. The highest BCUT2D eigenvalue weighted by molar-refractivity contribution is 7.09. The quantitative estimate of drug-likeness (QED) is 0.766. The first-order valence-electron chi connectivity index (χ1n) is 7.41. The maximum absolute atomic E-state index is 6.30. The van der Waals surface area contributed by atoms with Crippen molar-refractivity contribution in [2.24, 2.45) is 5.73 Å².